The molecule has 0 aliphatic carbocycles. The molecule has 0 heterocycles. The van der Waals surface area contributed by atoms with Crippen LogP contribution in [0, 0.1) is 0 Å². The summed E-state index contributed by atoms with van der Waals surface area (Å²) in [6, 6.07) is 0. The predicted octanol–water partition coefficient (Wildman–Crippen LogP) is 1.16. The molecule has 0 amide bonds. The third-order valence-electron chi connectivity index (χ3n) is 2.45. The Kier molecular flexibility index (Phi) is 6.57. The van der Waals surface area contributed by atoms with Crippen LogP contribution in [-0.2, 0) is 15.5 Å². The van der Waals surface area contributed by atoms with Crippen LogP contribution in [0.5, 0.6) is 0 Å². The first-order valence-electron chi connectivity index (χ1n) is 4.97. The van der Waals surface area contributed by atoms with Gasteiger partial charge in [-0.2, -0.15) is 0 Å². The molecule has 14 heavy (non-hydrogen) atoms. The molecule has 0 aromatic carbocycles. The maximum absolute atomic E-state index is 11.0. The Morgan fingerprint density at radius 1 is 1.50 bits per heavy atom. The molecule has 0 fully saturated rings. The van der Waals surface area contributed by atoms with Crippen molar-refractivity contribution in [1.82, 2.24) is 5.32 Å². The molecular formula is C10H23NO2S. The van der Waals surface area contributed by atoms with Crippen LogP contribution in [0.3, 0.4) is 0 Å². The third kappa shape index (κ3) is 6.51. The van der Waals surface area contributed by atoms with Gasteiger partial charge in [0.15, 0.2) is 0 Å². The van der Waals surface area contributed by atoms with E-state index < -0.39 is 10.8 Å². The van der Waals surface area contributed by atoms with Gasteiger partial charge in [0.1, 0.15) is 0 Å². The molecule has 0 aliphatic rings. The van der Waals surface area contributed by atoms with Crippen molar-refractivity contribution in [3.63, 3.8) is 0 Å². The van der Waals surface area contributed by atoms with Gasteiger partial charge in [-0.05, 0) is 33.7 Å². The summed E-state index contributed by atoms with van der Waals surface area (Å²) >= 11 is 0. The summed E-state index contributed by atoms with van der Waals surface area (Å²) < 4.78 is 16.3. The highest BCUT2D eigenvalue weighted by atomic mass is 32.2. The molecule has 0 aromatic rings. The molecule has 86 valence electrons. The highest BCUT2D eigenvalue weighted by Gasteiger charge is 2.15. The standard InChI is InChI=1S/C10H23NO2S/c1-9(14(5)12)8-11-7-6-10(2,3)13-4/h9,11H,6-8H2,1-5H3. The van der Waals surface area contributed by atoms with Gasteiger partial charge in [-0.1, -0.05) is 0 Å². The Bertz CT molecular complexity index is 183. The van der Waals surface area contributed by atoms with Crippen molar-refractivity contribution in [3.05, 3.63) is 0 Å². The van der Waals surface area contributed by atoms with Crippen molar-refractivity contribution in [2.75, 3.05) is 26.5 Å². The molecule has 0 rings (SSSR count). The second-order valence-corrected chi connectivity index (χ2v) is 6.03. The lowest BCUT2D eigenvalue weighted by Gasteiger charge is -2.23. The zero-order valence-corrected chi connectivity index (χ0v) is 10.7. The molecule has 0 radical (unpaired) electrons. The van der Waals surface area contributed by atoms with Gasteiger partial charge in [-0.15, -0.1) is 0 Å². The summed E-state index contributed by atoms with van der Waals surface area (Å²) in [5, 5.41) is 3.51. The smallest absolute Gasteiger partial charge is 0.0634 e. The molecule has 0 saturated heterocycles. The van der Waals surface area contributed by atoms with Crippen LogP contribution in [0.1, 0.15) is 27.2 Å². The van der Waals surface area contributed by atoms with Crippen LogP contribution in [0.2, 0.25) is 0 Å². The largest absolute Gasteiger partial charge is 0.379 e. The summed E-state index contributed by atoms with van der Waals surface area (Å²) in [5.41, 5.74) is -0.0679. The van der Waals surface area contributed by atoms with Crippen molar-refractivity contribution in [3.8, 4) is 0 Å². The van der Waals surface area contributed by atoms with Crippen molar-refractivity contribution < 1.29 is 8.95 Å². The van der Waals surface area contributed by atoms with Crippen molar-refractivity contribution in [1.29, 1.82) is 0 Å². The van der Waals surface area contributed by atoms with Crippen LogP contribution in [-0.4, -0.2) is 41.5 Å². The average Bonchev–Trinajstić information content (AvgIpc) is 2.12. The number of ether oxygens (including phenoxy) is 1. The lowest BCUT2D eigenvalue weighted by molar-refractivity contribution is 0.0159. The molecule has 0 aliphatic heterocycles. The van der Waals surface area contributed by atoms with E-state index in [1.807, 2.05) is 6.92 Å². The van der Waals surface area contributed by atoms with E-state index >= 15 is 0 Å². The fourth-order valence-corrected chi connectivity index (χ4v) is 1.27. The van der Waals surface area contributed by atoms with Crippen LogP contribution in [0.15, 0.2) is 0 Å². The Morgan fingerprint density at radius 3 is 2.50 bits per heavy atom. The van der Waals surface area contributed by atoms with E-state index in [1.165, 1.54) is 0 Å². The number of hydrogen-bond donors (Lipinski definition) is 1. The van der Waals surface area contributed by atoms with E-state index in [4.69, 9.17) is 4.74 Å². The molecule has 0 bridgehead atoms. The van der Waals surface area contributed by atoms with E-state index in [0.29, 0.717) is 0 Å². The summed E-state index contributed by atoms with van der Waals surface area (Å²) in [4.78, 5) is 0. The Labute approximate surface area is 90.1 Å². The maximum atomic E-state index is 11.0. The minimum absolute atomic E-state index is 0.0679. The molecule has 2 unspecified atom stereocenters. The average molecular weight is 221 g/mol. The lowest BCUT2D eigenvalue weighted by atomic mass is 10.1. The lowest BCUT2D eigenvalue weighted by Crippen LogP contribution is -2.33. The number of rotatable bonds is 7. The maximum Gasteiger partial charge on any atom is 0.0634 e. The second kappa shape index (κ2) is 6.53. The Balaban J connectivity index is 3.52. The summed E-state index contributed by atoms with van der Waals surface area (Å²) in [6.07, 6.45) is 2.71. The first-order valence-corrected chi connectivity index (χ1v) is 6.59. The monoisotopic (exact) mass is 221 g/mol. The van der Waals surface area contributed by atoms with E-state index in [1.54, 1.807) is 13.4 Å². The molecule has 0 saturated carbocycles. The predicted molar refractivity (Wildman–Crippen MR) is 62.1 cm³/mol. The van der Waals surface area contributed by atoms with Crippen LogP contribution < -0.4 is 5.32 Å². The highest BCUT2D eigenvalue weighted by molar-refractivity contribution is 7.84. The zero-order chi connectivity index (χ0) is 11.2. The van der Waals surface area contributed by atoms with Crippen LogP contribution in [0.25, 0.3) is 0 Å². The van der Waals surface area contributed by atoms with Gasteiger partial charge < -0.3 is 10.1 Å². The third-order valence-corrected chi connectivity index (χ3v) is 3.75. The molecule has 4 heteroatoms. The summed E-state index contributed by atoms with van der Waals surface area (Å²) in [5.74, 6) is 0. The van der Waals surface area contributed by atoms with E-state index in [2.05, 4.69) is 19.2 Å². The topological polar surface area (TPSA) is 38.3 Å². The highest BCUT2D eigenvalue weighted by Crippen LogP contribution is 2.11. The fourth-order valence-electron chi connectivity index (χ4n) is 0.914. The van der Waals surface area contributed by atoms with Crippen molar-refractivity contribution in [2.45, 2.75) is 38.0 Å². The molecule has 2 atom stereocenters. The summed E-state index contributed by atoms with van der Waals surface area (Å²) in [7, 11) is 0.995. The first-order chi connectivity index (χ1) is 6.39. The number of methoxy groups -OCH3 is 1. The van der Waals surface area contributed by atoms with E-state index in [-0.39, 0.29) is 10.9 Å². The van der Waals surface area contributed by atoms with E-state index in [9.17, 15) is 4.21 Å². The van der Waals surface area contributed by atoms with Gasteiger partial charge in [0.25, 0.3) is 0 Å². The Morgan fingerprint density at radius 2 is 2.07 bits per heavy atom. The van der Waals surface area contributed by atoms with Gasteiger partial charge in [-0.3, -0.25) is 4.21 Å². The van der Waals surface area contributed by atoms with Crippen LogP contribution in [0.4, 0.5) is 0 Å². The normalized spacial score (nSPS) is 16.6. The molecule has 3 nitrogen and oxygen atoms in total. The van der Waals surface area contributed by atoms with Crippen LogP contribution >= 0.6 is 0 Å². The SMILES string of the molecule is COC(C)(C)CCNCC(C)S(C)=O. The van der Waals surface area contributed by atoms with Gasteiger partial charge >= 0.3 is 0 Å². The summed E-state index contributed by atoms with van der Waals surface area (Å²) in [6.45, 7) is 7.84. The first kappa shape index (κ1) is 14.1. The minimum Gasteiger partial charge on any atom is -0.379 e. The van der Waals surface area contributed by atoms with Gasteiger partial charge in [0, 0.05) is 36.0 Å². The van der Waals surface area contributed by atoms with Gasteiger partial charge in [0.05, 0.1) is 5.60 Å². The van der Waals surface area contributed by atoms with Crippen molar-refractivity contribution >= 4 is 10.8 Å². The molecule has 0 aromatic heterocycles. The second-order valence-electron chi connectivity index (χ2n) is 4.23. The van der Waals surface area contributed by atoms with Crippen molar-refractivity contribution in [2.24, 2.45) is 0 Å². The molecular weight excluding hydrogens is 198 g/mol. The fraction of sp³-hybridized carbons (Fsp3) is 1.00. The zero-order valence-electron chi connectivity index (χ0n) is 9.92. The number of nitrogens with one attached hydrogen (secondary N) is 1. The minimum atomic E-state index is -0.730. The quantitative estimate of drug-likeness (QED) is 0.656. The molecule has 1 N–H and O–H groups in total. The van der Waals surface area contributed by atoms with E-state index in [0.717, 1.165) is 19.5 Å². The van der Waals surface area contributed by atoms with Gasteiger partial charge in [0.2, 0.25) is 0 Å². The van der Waals surface area contributed by atoms with Gasteiger partial charge in [-0.25, -0.2) is 0 Å². The molecule has 0 spiro atoms. The Hall–Kier alpha value is 0.0700. The number of hydrogen-bond acceptors (Lipinski definition) is 3.